The number of nitrogens with two attached hydrogens (primary N) is 1. The highest BCUT2D eigenvalue weighted by molar-refractivity contribution is 5.78. The van der Waals surface area contributed by atoms with Crippen LogP contribution in [-0.2, 0) is 9.53 Å². The molecule has 0 radical (unpaired) electrons. The summed E-state index contributed by atoms with van der Waals surface area (Å²) in [5.41, 5.74) is 6.37. The lowest BCUT2D eigenvalue weighted by molar-refractivity contribution is -0.137. The third-order valence-electron chi connectivity index (χ3n) is 2.90. The summed E-state index contributed by atoms with van der Waals surface area (Å²) >= 11 is 0. The van der Waals surface area contributed by atoms with Crippen LogP contribution < -0.4 is 10.5 Å². The zero-order chi connectivity index (χ0) is 13.7. The molecule has 0 spiro atoms. The van der Waals surface area contributed by atoms with Crippen molar-refractivity contribution in [1.82, 2.24) is 4.90 Å². The van der Waals surface area contributed by atoms with E-state index in [9.17, 15) is 4.79 Å². The van der Waals surface area contributed by atoms with Crippen molar-refractivity contribution in [3.05, 3.63) is 23.8 Å². The zero-order valence-electron chi connectivity index (χ0n) is 10.5. The Morgan fingerprint density at radius 3 is 2.89 bits per heavy atom. The fourth-order valence-electron chi connectivity index (χ4n) is 1.81. The molecule has 6 heteroatoms. The molecule has 0 bridgehead atoms. The average molecular weight is 261 g/mol. The average Bonchev–Trinajstić information content (AvgIpc) is 2.47. The highest BCUT2D eigenvalue weighted by Gasteiger charge is 2.17. The van der Waals surface area contributed by atoms with Crippen LogP contribution in [0.2, 0.25) is 0 Å². The molecule has 1 aliphatic heterocycles. The van der Waals surface area contributed by atoms with E-state index in [1.165, 1.54) is 0 Å². The first-order valence-corrected chi connectivity index (χ1v) is 5.99. The van der Waals surface area contributed by atoms with E-state index >= 15 is 0 Å². The molecule has 1 heterocycles. The Kier molecular flexibility index (Phi) is 4.21. The molecule has 1 aliphatic rings. The molecule has 0 saturated carbocycles. The summed E-state index contributed by atoms with van der Waals surface area (Å²) in [6.45, 7) is 2.18. The monoisotopic (exact) mass is 261 g/mol. The van der Waals surface area contributed by atoms with Crippen molar-refractivity contribution in [3.63, 3.8) is 0 Å². The molecule has 6 nitrogen and oxygen atoms in total. The second kappa shape index (κ2) is 6.07. The van der Waals surface area contributed by atoms with E-state index in [1.54, 1.807) is 23.1 Å². The van der Waals surface area contributed by atoms with E-state index in [-0.39, 0.29) is 18.2 Å². The zero-order valence-corrected chi connectivity index (χ0v) is 10.5. The predicted octanol–water partition coefficient (Wildman–Crippen LogP) is 0.378. The molecular formula is C13H15N3O3. The van der Waals surface area contributed by atoms with E-state index in [0.29, 0.717) is 37.6 Å². The minimum Gasteiger partial charge on any atom is -0.482 e. The Morgan fingerprint density at radius 2 is 2.21 bits per heavy atom. The van der Waals surface area contributed by atoms with Gasteiger partial charge in [0.2, 0.25) is 0 Å². The maximum atomic E-state index is 11.9. The van der Waals surface area contributed by atoms with Gasteiger partial charge in [0.15, 0.2) is 6.61 Å². The molecule has 0 unspecified atom stereocenters. The molecule has 100 valence electrons. The van der Waals surface area contributed by atoms with E-state index in [1.807, 2.05) is 6.07 Å². The van der Waals surface area contributed by atoms with E-state index in [2.05, 4.69) is 0 Å². The Balaban J connectivity index is 1.95. The van der Waals surface area contributed by atoms with Gasteiger partial charge in [0.25, 0.3) is 5.91 Å². The number of anilines is 1. The first-order valence-electron chi connectivity index (χ1n) is 5.99. The SMILES string of the molecule is N#Cc1cccc(OCC(=O)N2CCOCC2)c1N. The summed E-state index contributed by atoms with van der Waals surface area (Å²) in [6.07, 6.45) is 0. The van der Waals surface area contributed by atoms with Crippen LogP contribution in [0, 0.1) is 11.3 Å². The van der Waals surface area contributed by atoms with Crippen LogP contribution in [0.4, 0.5) is 5.69 Å². The van der Waals surface area contributed by atoms with Crippen molar-refractivity contribution in [2.45, 2.75) is 0 Å². The normalized spacial score (nSPS) is 14.8. The van der Waals surface area contributed by atoms with Gasteiger partial charge in [-0.25, -0.2) is 0 Å². The maximum absolute atomic E-state index is 11.9. The fraction of sp³-hybridized carbons (Fsp3) is 0.385. The third kappa shape index (κ3) is 3.14. The van der Waals surface area contributed by atoms with Gasteiger partial charge in [-0.3, -0.25) is 4.79 Å². The number of amides is 1. The summed E-state index contributed by atoms with van der Waals surface area (Å²) < 4.78 is 10.6. The number of nitrogens with zero attached hydrogens (tertiary/aromatic N) is 2. The van der Waals surface area contributed by atoms with Crippen molar-refractivity contribution in [1.29, 1.82) is 5.26 Å². The van der Waals surface area contributed by atoms with Crippen molar-refractivity contribution in [3.8, 4) is 11.8 Å². The van der Waals surface area contributed by atoms with Crippen LogP contribution in [0.15, 0.2) is 18.2 Å². The third-order valence-corrected chi connectivity index (χ3v) is 2.90. The van der Waals surface area contributed by atoms with Gasteiger partial charge in [-0.1, -0.05) is 6.07 Å². The van der Waals surface area contributed by atoms with Crippen LogP contribution >= 0.6 is 0 Å². The number of nitrogen functional groups attached to an aromatic ring is 1. The number of rotatable bonds is 3. The second-order valence-electron chi connectivity index (χ2n) is 4.11. The van der Waals surface area contributed by atoms with E-state index < -0.39 is 0 Å². The van der Waals surface area contributed by atoms with Gasteiger partial charge in [-0.05, 0) is 12.1 Å². The van der Waals surface area contributed by atoms with Gasteiger partial charge in [0, 0.05) is 13.1 Å². The molecule has 0 atom stereocenters. The fourth-order valence-corrected chi connectivity index (χ4v) is 1.81. The Bertz CT molecular complexity index is 504. The lowest BCUT2D eigenvalue weighted by Gasteiger charge is -2.26. The number of morpholine rings is 1. The van der Waals surface area contributed by atoms with Crippen LogP contribution in [-0.4, -0.2) is 43.7 Å². The number of hydrogen-bond acceptors (Lipinski definition) is 5. The van der Waals surface area contributed by atoms with Gasteiger partial charge < -0.3 is 20.1 Å². The lowest BCUT2D eigenvalue weighted by Crippen LogP contribution is -2.43. The standard InChI is InChI=1S/C13H15N3O3/c14-8-10-2-1-3-11(13(10)15)19-9-12(17)16-4-6-18-7-5-16/h1-3H,4-7,9,15H2. The Hall–Kier alpha value is -2.26. The molecule has 1 aromatic rings. The summed E-state index contributed by atoms with van der Waals surface area (Å²) in [5, 5.41) is 8.85. The second-order valence-corrected chi connectivity index (χ2v) is 4.11. The first-order chi connectivity index (χ1) is 9.22. The number of nitriles is 1. The van der Waals surface area contributed by atoms with Gasteiger partial charge in [0.1, 0.15) is 11.8 Å². The van der Waals surface area contributed by atoms with Crippen molar-refractivity contribution in [2.75, 3.05) is 38.6 Å². The summed E-state index contributed by atoms with van der Waals surface area (Å²) in [5.74, 6) is 0.255. The molecule has 1 amide bonds. The molecule has 2 N–H and O–H groups in total. The molecule has 0 aromatic heterocycles. The minimum absolute atomic E-state index is 0.0842. The highest BCUT2D eigenvalue weighted by Crippen LogP contribution is 2.24. The van der Waals surface area contributed by atoms with Gasteiger partial charge in [-0.2, -0.15) is 5.26 Å². The van der Waals surface area contributed by atoms with Gasteiger partial charge >= 0.3 is 0 Å². The number of carbonyl (C=O) groups excluding carboxylic acids is 1. The smallest absolute Gasteiger partial charge is 0.260 e. The van der Waals surface area contributed by atoms with Crippen molar-refractivity contribution < 1.29 is 14.3 Å². The number of benzene rings is 1. The minimum atomic E-state index is -0.106. The quantitative estimate of drug-likeness (QED) is 0.794. The molecule has 19 heavy (non-hydrogen) atoms. The Labute approximate surface area is 111 Å². The topological polar surface area (TPSA) is 88.6 Å². The van der Waals surface area contributed by atoms with Crippen LogP contribution in [0.1, 0.15) is 5.56 Å². The summed E-state index contributed by atoms with van der Waals surface area (Å²) in [7, 11) is 0. The molecule has 1 aromatic carbocycles. The molecule has 2 rings (SSSR count). The highest BCUT2D eigenvalue weighted by atomic mass is 16.5. The summed E-state index contributed by atoms with van der Waals surface area (Å²) in [4.78, 5) is 13.6. The van der Waals surface area contributed by atoms with Crippen LogP contribution in [0.25, 0.3) is 0 Å². The number of ether oxygens (including phenoxy) is 2. The first kappa shape index (κ1) is 13.2. The van der Waals surface area contributed by atoms with E-state index in [4.69, 9.17) is 20.5 Å². The maximum Gasteiger partial charge on any atom is 0.260 e. The Morgan fingerprint density at radius 1 is 1.47 bits per heavy atom. The van der Waals surface area contributed by atoms with Crippen LogP contribution in [0.3, 0.4) is 0 Å². The van der Waals surface area contributed by atoms with Crippen LogP contribution in [0.5, 0.6) is 5.75 Å². The number of para-hydroxylation sites is 1. The molecule has 0 aliphatic carbocycles. The van der Waals surface area contributed by atoms with Crippen molar-refractivity contribution >= 4 is 11.6 Å². The summed E-state index contributed by atoms with van der Waals surface area (Å²) in [6, 6.07) is 6.88. The lowest BCUT2D eigenvalue weighted by atomic mass is 10.2. The molecular weight excluding hydrogens is 246 g/mol. The van der Waals surface area contributed by atoms with Crippen molar-refractivity contribution in [2.24, 2.45) is 0 Å². The largest absolute Gasteiger partial charge is 0.482 e. The molecule has 1 fully saturated rings. The number of carbonyl (C=O) groups is 1. The number of hydrogen-bond donors (Lipinski definition) is 1. The van der Waals surface area contributed by atoms with Gasteiger partial charge in [-0.15, -0.1) is 0 Å². The van der Waals surface area contributed by atoms with Gasteiger partial charge in [0.05, 0.1) is 24.5 Å². The predicted molar refractivity (Wildman–Crippen MR) is 68.5 cm³/mol. The molecule has 1 saturated heterocycles. The van der Waals surface area contributed by atoms with E-state index in [0.717, 1.165) is 0 Å².